The smallest absolute Gasteiger partial charge is 0.217 e. The fourth-order valence-corrected chi connectivity index (χ4v) is 1.82. The van der Waals surface area contributed by atoms with E-state index in [1.54, 1.807) is 0 Å². The lowest BCUT2D eigenvalue weighted by Gasteiger charge is -1.96. The van der Waals surface area contributed by atoms with Gasteiger partial charge in [-0.15, -0.1) is 0 Å². The summed E-state index contributed by atoms with van der Waals surface area (Å²) in [4.78, 5) is 0. The van der Waals surface area contributed by atoms with Crippen molar-refractivity contribution >= 4 is 33.5 Å². The maximum Gasteiger partial charge on any atom is 0.217 e. The summed E-state index contributed by atoms with van der Waals surface area (Å²) in [6.45, 7) is 0. The van der Waals surface area contributed by atoms with E-state index in [1.807, 2.05) is 5.10 Å². The van der Waals surface area contributed by atoms with Crippen LogP contribution in [0.5, 0.6) is 0 Å². The van der Waals surface area contributed by atoms with Gasteiger partial charge in [-0.25, -0.2) is 8.78 Å². The van der Waals surface area contributed by atoms with Gasteiger partial charge in [0.25, 0.3) is 0 Å². The molecule has 1 N–H and O–H groups in total. The minimum atomic E-state index is -1.05. The quantitative estimate of drug-likeness (QED) is 0.588. The molecule has 0 saturated carbocycles. The molecule has 13 heavy (non-hydrogen) atoms. The standard InChI is InChI=1S/C7H2F3IN2/c8-2-1-3-4(6(11)5(2)9)7(10)13-12-3/h1H,(H,12,13). The number of aromatic amines is 1. The lowest BCUT2D eigenvalue weighted by atomic mass is 10.2. The number of nitrogens with one attached hydrogen (secondary N) is 1. The summed E-state index contributed by atoms with van der Waals surface area (Å²) >= 11 is 1.54. The molecule has 0 aliphatic rings. The highest BCUT2D eigenvalue weighted by molar-refractivity contribution is 14.1. The van der Waals surface area contributed by atoms with Crippen molar-refractivity contribution in [3.8, 4) is 0 Å². The Morgan fingerprint density at radius 2 is 2.00 bits per heavy atom. The van der Waals surface area contributed by atoms with Gasteiger partial charge in [-0.2, -0.15) is 9.49 Å². The van der Waals surface area contributed by atoms with E-state index in [2.05, 4.69) is 5.10 Å². The Morgan fingerprint density at radius 1 is 1.31 bits per heavy atom. The van der Waals surface area contributed by atoms with Gasteiger partial charge in [0.1, 0.15) is 0 Å². The van der Waals surface area contributed by atoms with Crippen LogP contribution in [0.15, 0.2) is 6.07 Å². The summed E-state index contributed by atoms with van der Waals surface area (Å²) in [7, 11) is 0. The topological polar surface area (TPSA) is 28.7 Å². The molecule has 0 bridgehead atoms. The molecule has 0 unspecified atom stereocenters. The number of nitrogens with zero attached hydrogens (tertiary/aromatic N) is 1. The summed E-state index contributed by atoms with van der Waals surface area (Å²) in [5, 5.41) is 5.47. The largest absolute Gasteiger partial charge is 0.252 e. The van der Waals surface area contributed by atoms with Crippen molar-refractivity contribution in [2.24, 2.45) is 0 Å². The van der Waals surface area contributed by atoms with Crippen molar-refractivity contribution < 1.29 is 13.2 Å². The summed E-state index contributed by atoms with van der Waals surface area (Å²) in [5.74, 6) is -2.82. The van der Waals surface area contributed by atoms with E-state index in [1.165, 1.54) is 22.6 Å². The third-order valence-electron chi connectivity index (χ3n) is 1.64. The maximum atomic E-state index is 12.9. The zero-order valence-corrected chi connectivity index (χ0v) is 8.19. The number of aromatic nitrogens is 2. The Bertz CT molecular complexity index is 480. The second kappa shape index (κ2) is 2.86. The first-order valence-corrected chi connectivity index (χ1v) is 4.36. The summed E-state index contributed by atoms with van der Waals surface area (Å²) in [6.07, 6.45) is 0. The first-order valence-electron chi connectivity index (χ1n) is 3.28. The number of benzene rings is 1. The van der Waals surface area contributed by atoms with Crippen molar-refractivity contribution in [3.05, 3.63) is 27.2 Å². The van der Waals surface area contributed by atoms with Crippen LogP contribution in [-0.2, 0) is 0 Å². The predicted octanol–water partition coefficient (Wildman–Crippen LogP) is 2.58. The Labute approximate surface area is 84.3 Å². The van der Waals surface area contributed by atoms with Gasteiger partial charge in [0, 0.05) is 6.07 Å². The van der Waals surface area contributed by atoms with E-state index in [4.69, 9.17) is 0 Å². The lowest BCUT2D eigenvalue weighted by molar-refractivity contribution is 0.505. The first kappa shape index (κ1) is 8.79. The molecule has 2 rings (SSSR count). The van der Waals surface area contributed by atoms with Crippen LogP contribution in [0, 0.1) is 21.2 Å². The van der Waals surface area contributed by atoms with Gasteiger partial charge in [0.15, 0.2) is 11.6 Å². The highest BCUT2D eigenvalue weighted by Gasteiger charge is 2.16. The minimum Gasteiger partial charge on any atom is -0.252 e. The molecule has 2 aromatic rings. The van der Waals surface area contributed by atoms with Crippen LogP contribution in [0.1, 0.15) is 0 Å². The molecule has 1 aromatic carbocycles. The van der Waals surface area contributed by atoms with E-state index in [0.29, 0.717) is 0 Å². The number of halogens is 4. The Hall–Kier alpha value is -0.790. The van der Waals surface area contributed by atoms with Crippen LogP contribution >= 0.6 is 22.6 Å². The van der Waals surface area contributed by atoms with Crippen LogP contribution in [0.25, 0.3) is 10.9 Å². The molecule has 68 valence electrons. The Morgan fingerprint density at radius 3 is 2.69 bits per heavy atom. The highest BCUT2D eigenvalue weighted by atomic mass is 127. The highest BCUT2D eigenvalue weighted by Crippen LogP contribution is 2.25. The van der Waals surface area contributed by atoms with Gasteiger partial charge in [-0.05, 0) is 22.6 Å². The van der Waals surface area contributed by atoms with Gasteiger partial charge in [-0.3, -0.25) is 5.10 Å². The monoisotopic (exact) mass is 298 g/mol. The SMILES string of the molecule is Fc1cc2n[nH]c(F)c2c(I)c1F. The van der Waals surface area contributed by atoms with E-state index >= 15 is 0 Å². The number of rotatable bonds is 0. The molecule has 0 radical (unpaired) electrons. The van der Waals surface area contributed by atoms with Gasteiger partial charge in [0.05, 0.1) is 14.5 Å². The predicted molar refractivity (Wildman–Crippen MR) is 48.7 cm³/mol. The first-order chi connectivity index (χ1) is 6.11. The molecular formula is C7H2F3IN2. The number of fused-ring (bicyclic) bond motifs is 1. The molecule has 0 saturated heterocycles. The third kappa shape index (κ3) is 1.19. The average Bonchev–Trinajstić information content (AvgIpc) is 2.43. The molecule has 0 atom stereocenters. The van der Waals surface area contributed by atoms with E-state index in [0.717, 1.165) is 6.07 Å². The Kier molecular flexibility index (Phi) is 1.94. The molecule has 6 heteroatoms. The molecule has 1 aromatic heterocycles. The second-order valence-electron chi connectivity index (χ2n) is 2.42. The zero-order valence-electron chi connectivity index (χ0n) is 6.04. The van der Waals surface area contributed by atoms with Crippen LogP contribution in [0.3, 0.4) is 0 Å². The third-order valence-corrected chi connectivity index (χ3v) is 2.65. The zero-order chi connectivity index (χ0) is 9.59. The minimum absolute atomic E-state index is 0.0144. The van der Waals surface area contributed by atoms with Gasteiger partial charge < -0.3 is 0 Å². The normalized spacial score (nSPS) is 11.1. The fraction of sp³-hybridized carbons (Fsp3) is 0. The lowest BCUT2D eigenvalue weighted by Crippen LogP contribution is -1.90. The summed E-state index contributed by atoms with van der Waals surface area (Å²) in [5.41, 5.74) is 0.0841. The molecule has 2 nitrogen and oxygen atoms in total. The van der Waals surface area contributed by atoms with Gasteiger partial charge >= 0.3 is 0 Å². The maximum absolute atomic E-state index is 12.9. The van der Waals surface area contributed by atoms with Crippen LogP contribution < -0.4 is 0 Å². The number of hydrogen-bond donors (Lipinski definition) is 1. The molecular weight excluding hydrogens is 296 g/mol. The van der Waals surface area contributed by atoms with Gasteiger partial charge in [-0.1, -0.05) is 0 Å². The van der Waals surface area contributed by atoms with Crippen LogP contribution in [0.4, 0.5) is 13.2 Å². The van der Waals surface area contributed by atoms with Crippen molar-refractivity contribution in [2.75, 3.05) is 0 Å². The van der Waals surface area contributed by atoms with Crippen LogP contribution in [0.2, 0.25) is 0 Å². The van der Waals surface area contributed by atoms with Crippen molar-refractivity contribution in [2.45, 2.75) is 0 Å². The van der Waals surface area contributed by atoms with E-state index in [9.17, 15) is 13.2 Å². The fourth-order valence-electron chi connectivity index (χ4n) is 1.04. The Balaban J connectivity index is 2.97. The van der Waals surface area contributed by atoms with Crippen molar-refractivity contribution in [1.29, 1.82) is 0 Å². The van der Waals surface area contributed by atoms with Gasteiger partial charge in [0.2, 0.25) is 5.95 Å². The second-order valence-corrected chi connectivity index (χ2v) is 3.50. The summed E-state index contributed by atoms with van der Waals surface area (Å²) in [6, 6.07) is 0.854. The van der Waals surface area contributed by atoms with E-state index in [-0.39, 0.29) is 14.5 Å². The van der Waals surface area contributed by atoms with Crippen molar-refractivity contribution in [3.63, 3.8) is 0 Å². The summed E-state index contributed by atoms with van der Waals surface area (Å²) < 4.78 is 38.5. The molecule has 0 spiro atoms. The number of H-pyrrole nitrogens is 1. The van der Waals surface area contributed by atoms with E-state index < -0.39 is 17.6 Å². The average molecular weight is 298 g/mol. The molecule has 0 amide bonds. The molecule has 0 aliphatic carbocycles. The number of hydrogen-bond acceptors (Lipinski definition) is 1. The molecule has 0 fully saturated rings. The van der Waals surface area contributed by atoms with Crippen LogP contribution in [-0.4, -0.2) is 10.2 Å². The molecule has 1 heterocycles. The molecule has 0 aliphatic heterocycles. The van der Waals surface area contributed by atoms with Crippen molar-refractivity contribution in [1.82, 2.24) is 10.2 Å².